The average Bonchev–Trinajstić information content (AvgIpc) is 2.88. The summed E-state index contributed by atoms with van der Waals surface area (Å²) in [5, 5.41) is 12.4. The van der Waals surface area contributed by atoms with Crippen LogP contribution in [0.25, 0.3) is 11.5 Å². The van der Waals surface area contributed by atoms with Gasteiger partial charge in [-0.2, -0.15) is 4.98 Å². The number of hydrogen-bond donors (Lipinski definition) is 2. The van der Waals surface area contributed by atoms with E-state index in [4.69, 9.17) is 15.4 Å². The van der Waals surface area contributed by atoms with Gasteiger partial charge >= 0.3 is 5.97 Å². The van der Waals surface area contributed by atoms with Crippen molar-refractivity contribution in [1.82, 2.24) is 15.1 Å². The molecule has 3 N–H and O–H groups in total. The highest BCUT2D eigenvalue weighted by Crippen LogP contribution is 2.16. The molecule has 0 aliphatic rings. The number of pyridine rings is 1. The zero-order valence-corrected chi connectivity index (χ0v) is 10.7. The standard InChI is InChI=1S/C11H12N4O3S/c12-7(11(16)17)5-19-6-9-14-10(15-18-9)8-3-1-2-4-13-8/h1-4,7H,5-6,12H2,(H,16,17)/t7-/m0/s1. The minimum atomic E-state index is -1.02. The molecule has 0 saturated heterocycles. The summed E-state index contributed by atoms with van der Waals surface area (Å²) in [5.74, 6) is 0.520. The van der Waals surface area contributed by atoms with Crippen LogP contribution >= 0.6 is 11.8 Å². The first-order valence-electron chi connectivity index (χ1n) is 5.47. The van der Waals surface area contributed by atoms with Gasteiger partial charge in [0.15, 0.2) is 0 Å². The smallest absolute Gasteiger partial charge is 0.321 e. The van der Waals surface area contributed by atoms with Crippen LogP contribution in [-0.2, 0) is 10.5 Å². The van der Waals surface area contributed by atoms with Crippen LogP contribution in [0.15, 0.2) is 28.9 Å². The third-order valence-corrected chi connectivity index (χ3v) is 3.25. The van der Waals surface area contributed by atoms with E-state index in [9.17, 15) is 4.79 Å². The lowest BCUT2D eigenvalue weighted by Crippen LogP contribution is -2.32. The molecule has 0 unspecified atom stereocenters. The fraction of sp³-hybridized carbons (Fsp3) is 0.273. The highest BCUT2D eigenvalue weighted by molar-refractivity contribution is 7.98. The lowest BCUT2D eigenvalue weighted by atomic mass is 10.3. The number of rotatable bonds is 6. The van der Waals surface area contributed by atoms with Gasteiger partial charge in [0.2, 0.25) is 11.7 Å². The van der Waals surface area contributed by atoms with Crippen LogP contribution < -0.4 is 5.73 Å². The molecular weight excluding hydrogens is 268 g/mol. The van der Waals surface area contributed by atoms with Gasteiger partial charge in [-0.1, -0.05) is 11.2 Å². The van der Waals surface area contributed by atoms with Gasteiger partial charge in [-0.05, 0) is 12.1 Å². The van der Waals surface area contributed by atoms with Crippen LogP contribution in [0.1, 0.15) is 5.89 Å². The van der Waals surface area contributed by atoms with Crippen molar-refractivity contribution in [2.45, 2.75) is 11.8 Å². The zero-order valence-electron chi connectivity index (χ0n) is 9.89. The van der Waals surface area contributed by atoms with Crippen LogP contribution in [0.4, 0.5) is 0 Å². The molecule has 0 bridgehead atoms. The number of nitrogens with two attached hydrogens (primary N) is 1. The van der Waals surface area contributed by atoms with Gasteiger partial charge in [0.1, 0.15) is 11.7 Å². The van der Waals surface area contributed by atoms with Crippen LogP contribution in [-0.4, -0.2) is 38.0 Å². The fourth-order valence-corrected chi connectivity index (χ4v) is 2.06. The lowest BCUT2D eigenvalue weighted by Gasteiger charge is -2.03. The van der Waals surface area contributed by atoms with Gasteiger partial charge in [0, 0.05) is 11.9 Å². The number of thioether (sulfide) groups is 1. The number of hydrogen-bond acceptors (Lipinski definition) is 7. The van der Waals surface area contributed by atoms with Gasteiger partial charge < -0.3 is 15.4 Å². The van der Waals surface area contributed by atoms with E-state index >= 15 is 0 Å². The Morgan fingerprint density at radius 1 is 1.53 bits per heavy atom. The first-order chi connectivity index (χ1) is 9.16. The molecule has 8 heteroatoms. The Kier molecular flexibility index (Phi) is 4.48. The van der Waals surface area contributed by atoms with Crippen molar-refractivity contribution in [2.24, 2.45) is 5.73 Å². The molecule has 0 fully saturated rings. The molecule has 0 aromatic carbocycles. The molecule has 2 rings (SSSR count). The van der Waals surface area contributed by atoms with E-state index in [0.29, 0.717) is 23.2 Å². The number of aliphatic carboxylic acids is 1. The van der Waals surface area contributed by atoms with Gasteiger partial charge in [0.05, 0.1) is 5.75 Å². The van der Waals surface area contributed by atoms with Gasteiger partial charge in [-0.25, -0.2) is 0 Å². The van der Waals surface area contributed by atoms with E-state index in [1.165, 1.54) is 11.8 Å². The molecule has 2 aromatic rings. The highest BCUT2D eigenvalue weighted by Gasteiger charge is 2.13. The number of nitrogens with zero attached hydrogens (tertiary/aromatic N) is 3. The molecular formula is C11H12N4O3S. The number of carboxylic acids is 1. The first kappa shape index (κ1) is 13.5. The topological polar surface area (TPSA) is 115 Å². The summed E-state index contributed by atoms with van der Waals surface area (Å²) >= 11 is 1.33. The predicted molar refractivity (Wildman–Crippen MR) is 69.3 cm³/mol. The van der Waals surface area contributed by atoms with Gasteiger partial charge in [0.25, 0.3) is 0 Å². The normalized spacial score (nSPS) is 12.3. The Morgan fingerprint density at radius 2 is 2.37 bits per heavy atom. The van der Waals surface area contributed by atoms with E-state index in [-0.39, 0.29) is 5.75 Å². The second-order valence-corrected chi connectivity index (χ2v) is 4.72. The van der Waals surface area contributed by atoms with E-state index in [1.54, 1.807) is 18.3 Å². The molecule has 100 valence electrons. The van der Waals surface area contributed by atoms with Crippen LogP contribution in [0.3, 0.4) is 0 Å². The minimum Gasteiger partial charge on any atom is -0.480 e. The van der Waals surface area contributed by atoms with Crippen molar-refractivity contribution in [1.29, 1.82) is 0 Å². The van der Waals surface area contributed by atoms with Crippen LogP contribution in [0, 0.1) is 0 Å². The molecule has 7 nitrogen and oxygen atoms in total. The quantitative estimate of drug-likeness (QED) is 0.797. The Hall–Kier alpha value is -1.93. The molecule has 0 spiro atoms. The van der Waals surface area contributed by atoms with Crippen molar-refractivity contribution in [3.05, 3.63) is 30.3 Å². The van der Waals surface area contributed by atoms with E-state index < -0.39 is 12.0 Å². The third-order valence-electron chi connectivity index (χ3n) is 2.20. The number of carboxylic acid groups (broad SMARTS) is 1. The monoisotopic (exact) mass is 280 g/mol. The van der Waals surface area contributed by atoms with E-state index in [2.05, 4.69) is 15.1 Å². The Bertz CT molecular complexity index is 546. The molecule has 0 amide bonds. The SMILES string of the molecule is N[C@@H](CSCc1nc(-c2ccccn2)no1)C(=O)O. The largest absolute Gasteiger partial charge is 0.480 e. The van der Waals surface area contributed by atoms with Crippen LogP contribution in [0.5, 0.6) is 0 Å². The predicted octanol–water partition coefficient (Wildman–Crippen LogP) is 0.777. The van der Waals surface area contributed by atoms with Gasteiger partial charge in [-0.3, -0.25) is 9.78 Å². The van der Waals surface area contributed by atoms with Crippen molar-refractivity contribution in [2.75, 3.05) is 5.75 Å². The summed E-state index contributed by atoms with van der Waals surface area (Å²) in [6.07, 6.45) is 1.64. The van der Waals surface area contributed by atoms with Crippen LogP contribution in [0.2, 0.25) is 0 Å². The Labute approximate surface area is 113 Å². The van der Waals surface area contributed by atoms with E-state index in [1.807, 2.05) is 6.07 Å². The fourth-order valence-electron chi connectivity index (χ4n) is 1.26. The van der Waals surface area contributed by atoms with Crippen molar-refractivity contribution in [3.63, 3.8) is 0 Å². The second kappa shape index (κ2) is 6.30. The molecule has 19 heavy (non-hydrogen) atoms. The highest BCUT2D eigenvalue weighted by atomic mass is 32.2. The molecule has 1 atom stereocenters. The number of carbonyl (C=O) groups is 1. The molecule has 0 aliphatic carbocycles. The molecule has 2 heterocycles. The molecule has 0 aliphatic heterocycles. The Balaban J connectivity index is 1.90. The molecule has 0 radical (unpaired) electrons. The lowest BCUT2D eigenvalue weighted by molar-refractivity contribution is -0.137. The molecule has 2 aromatic heterocycles. The average molecular weight is 280 g/mol. The van der Waals surface area contributed by atoms with Crippen molar-refractivity contribution < 1.29 is 14.4 Å². The maximum Gasteiger partial charge on any atom is 0.321 e. The van der Waals surface area contributed by atoms with Crippen molar-refractivity contribution in [3.8, 4) is 11.5 Å². The zero-order chi connectivity index (χ0) is 13.7. The summed E-state index contributed by atoms with van der Waals surface area (Å²) in [6, 6.07) is 4.53. The maximum atomic E-state index is 10.5. The van der Waals surface area contributed by atoms with E-state index in [0.717, 1.165) is 0 Å². The maximum absolute atomic E-state index is 10.5. The van der Waals surface area contributed by atoms with Crippen molar-refractivity contribution >= 4 is 17.7 Å². The number of aromatic nitrogens is 3. The molecule has 0 saturated carbocycles. The summed E-state index contributed by atoms with van der Waals surface area (Å²) in [6.45, 7) is 0. The third kappa shape index (κ3) is 3.76. The summed E-state index contributed by atoms with van der Waals surface area (Å²) in [4.78, 5) is 18.8. The minimum absolute atomic E-state index is 0.288. The first-order valence-corrected chi connectivity index (χ1v) is 6.62. The van der Waals surface area contributed by atoms with Gasteiger partial charge in [-0.15, -0.1) is 11.8 Å². The summed E-state index contributed by atoms with van der Waals surface area (Å²) in [7, 11) is 0. The summed E-state index contributed by atoms with van der Waals surface area (Å²) in [5.41, 5.74) is 6.01. The second-order valence-electron chi connectivity index (χ2n) is 3.69. The Morgan fingerprint density at radius 3 is 3.05 bits per heavy atom. The summed E-state index contributed by atoms with van der Waals surface area (Å²) < 4.78 is 5.05.